The number of carbonyl (C=O) groups is 1. The number of thiocarbonyl (C=S) groups is 1. The minimum Gasteiger partial charge on any atom is -0.307 e. The maximum atomic E-state index is 13.0. The van der Waals surface area contributed by atoms with Crippen molar-refractivity contribution in [2.24, 2.45) is 0 Å². The van der Waals surface area contributed by atoms with Gasteiger partial charge < -0.3 is 5.32 Å². The number of carbonyl (C=O) groups excluding carboxylic acids is 1. The number of amides is 1. The second-order valence-electron chi connectivity index (χ2n) is 5.77. The molecule has 2 aromatic carbocycles. The normalized spacial score (nSPS) is 16.6. The quantitative estimate of drug-likeness (QED) is 0.364. The van der Waals surface area contributed by atoms with E-state index < -0.39 is 23.5 Å². The second kappa shape index (κ2) is 7.25. The number of benzene rings is 2. The molecule has 2 nitrogen and oxygen atoms in total. The summed E-state index contributed by atoms with van der Waals surface area (Å²) < 4.78 is 78.2. The first kappa shape index (κ1) is 20.4. The Kier molecular flexibility index (Phi) is 5.28. The first-order valence-corrected chi connectivity index (χ1v) is 8.81. The van der Waals surface area contributed by atoms with Crippen LogP contribution in [0.3, 0.4) is 0 Å². The van der Waals surface area contributed by atoms with E-state index >= 15 is 0 Å². The lowest BCUT2D eigenvalue weighted by molar-refractivity contribution is -0.143. The Morgan fingerprint density at radius 1 is 0.857 bits per heavy atom. The molecular formula is C18H9F6NOS2. The molecule has 10 heteroatoms. The number of hydrogen-bond acceptors (Lipinski definition) is 3. The summed E-state index contributed by atoms with van der Waals surface area (Å²) in [6.45, 7) is 0. The lowest BCUT2D eigenvalue weighted by Gasteiger charge is -2.14. The molecule has 0 aliphatic carbocycles. The molecule has 1 heterocycles. The summed E-state index contributed by atoms with van der Waals surface area (Å²) in [5, 5.41) is 2.44. The largest absolute Gasteiger partial charge is 0.416 e. The molecule has 146 valence electrons. The van der Waals surface area contributed by atoms with Crippen LogP contribution in [0.25, 0.3) is 17.2 Å². The van der Waals surface area contributed by atoms with Gasteiger partial charge in [0.25, 0.3) is 5.91 Å². The maximum absolute atomic E-state index is 13.0. The molecule has 3 rings (SSSR count). The summed E-state index contributed by atoms with van der Waals surface area (Å²) in [6.07, 6.45) is -8.30. The lowest BCUT2D eigenvalue weighted by Crippen LogP contribution is -2.17. The van der Waals surface area contributed by atoms with Gasteiger partial charge in [-0.15, -0.1) is 0 Å². The van der Waals surface area contributed by atoms with E-state index in [0.717, 1.165) is 11.8 Å². The molecule has 0 unspecified atom stereocenters. The molecule has 0 atom stereocenters. The summed E-state index contributed by atoms with van der Waals surface area (Å²) in [7, 11) is 0. The molecule has 0 aromatic heterocycles. The van der Waals surface area contributed by atoms with Crippen molar-refractivity contribution in [2.75, 3.05) is 0 Å². The fraction of sp³-hybridized carbons (Fsp3) is 0.111. The number of nitrogens with one attached hydrogen (secondary N) is 1. The second-order valence-corrected chi connectivity index (χ2v) is 7.49. The smallest absolute Gasteiger partial charge is 0.307 e. The fourth-order valence-electron chi connectivity index (χ4n) is 2.47. The van der Waals surface area contributed by atoms with Crippen LogP contribution >= 0.6 is 24.0 Å². The SMILES string of the molecule is O=C1NC(=S)S/C1=C\c1ccc(-c2cc(C(F)(F)F)cc(C(F)(F)F)c2)cc1. The fourth-order valence-corrected chi connectivity index (χ4v) is 3.51. The van der Waals surface area contributed by atoms with Crippen LogP contribution in [0, 0.1) is 0 Å². The molecule has 1 N–H and O–H groups in total. The Morgan fingerprint density at radius 2 is 1.39 bits per heavy atom. The molecule has 2 aromatic rings. The van der Waals surface area contributed by atoms with Crippen molar-refractivity contribution in [3.63, 3.8) is 0 Å². The van der Waals surface area contributed by atoms with Crippen molar-refractivity contribution in [3.8, 4) is 11.1 Å². The van der Waals surface area contributed by atoms with Gasteiger partial charge in [-0.2, -0.15) is 26.3 Å². The molecule has 1 amide bonds. The molecule has 1 aliphatic heterocycles. The van der Waals surface area contributed by atoms with Gasteiger partial charge in [-0.05, 0) is 41.0 Å². The highest BCUT2D eigenvalue weighted by atomic mass is 32.2. The van der Waals surface area contributed by atoms with E-state index in [-0.39, 0.29) is 23.1 Å². The van der Waals surface area contributed by atoms with Crippen molar-refractivity contribution in [2.45, 2.75) is 12.4 Å². The maximum Gasteiger partial charge on any atom is 0.416 e. The van der Waals surface area contributed by atoms with E-state index in [9.17, 15) is 31.1 Å². The zero-order valence-electron chi connectivity index (χ0n) is 13.6. The molecule has 1 saturated heterocycles. The monoisotopic (exact) mass is 433 g/mol. The van der Waals surface area contributed by atoms with Gasteiger partial charge in [0.1, 0.15) is 4.32 Å². The molecule has 28 heavy (non-hydrogen) atoms. The molecule has 0 bridgehead atoms. The van der Waals surface area contributed by atoms with Crippen molar-refractivity contribution in [1.82, 2.24) is 5.32 Å². The number of hydrogen-bond donors (Lipinski definition) is 1. The van der Waals surface area contributed by atoms with Crippen LogP contribution in [0.2, 0.25) is 0 Å². The number of thioether (sulfide) groups is 1. The van der Waals surface area contributed by atoms with E-state index in [1.54, 1.807) is 0 Å². The van der Waals surface area contributed by atoms with Crippen LogP contribution in [0.1, 0.15) is 16.7 Å². The van der Waals surface area contributed by atoms with Crippen LogP contribution in [0.5, 0.6) is 0 Å². The van der Waals surface area contributed by atoms with Crippen LogP contribution in [0.15, 0.2) is 47.4 Å². The van der Waals surface area contributed by atoms with E-state index in [2.05, 4.69) is 5.32 Å². The van der Waals surface area contributed by atoms with Gasteiger partial charge in [0.2, 0.25) is 0 Å². The summed E-state index contributed by atoms with van der Waals surface area (Å²) in [6, 6.07) is 7.18. The third-order valence-corrected chi connectivity index (χ3v) is 4.93. The molecule has 1 aliphatic rings. The summed E-state index contributed by atoms with van der Waals surface area (Å²) in [4.78, 5) is 12.0. The zero-order valence-corrected chi connectivity index (χ0v) is 15.2. The zero-order chi connectivity index (χ0) is 20.7. The number of rotatable bonds is 2. The Morgan fingerprint density at radius 3 is 1.82 bits per heavy atom. The predicted octanol–water partition coefficient (Wildman–Crippen LogP) is 5.88. The van der Waals surface area contributed by atoms with Crippen molar-refractivity contribution < 1.29 is 31.1 Å². The van der Waals surface area contributed by atoms with E-state index in [1.165, 1.54) is 30.3 Å². The average Bonchev–Trinajstić information content (AvgIpc) is 2.91. The first-order valence-electron chi connectivity index (χ1n) is 7.58. The first-order chi connectivity index (χ1) is 12.9. The molecule has 1 fully saturated rings. The van der Waals surface area contributed by atoms with E-state index in [1.807, 2.05) is 0 Å². The van der Waals surface area contributed by atoms with Gasteiger partial charge in [0.05, 0.1) is 16.0 Å². The summed E-state index contributed by atoms with van der Waals surface area (Å²) in [5.41, 5.74) is -2.24. The summed E-state index contributed by atoms with van der Waals surface area (Å²) >= 11 is 5.93. The predicted molar refractivity (Wildman–Crippen MR) is 98.2 cm³/mol. The summed E-state index contributed by atoms with van der Waals surface area (Å²) in [5.74, 6) is -0.369. The lowest BCUT2D eigenvalue weighted by atomic mass is 9.98. The average molecular weight is 433 g/mol. The Balaban J connectivity index is 1.98. The molecule has 0 spiro atoms. The van der Waals surface area contributed by atoms with Gasteiger partial charge in [0.15, 0.2) is 0 Å². The van der Waals surface area contributed by atoms with Gasteiger partial charge >= 0.3 is 12.4 Å². The molecular weight excluding hydrogens is 424 g/mol. The van der Waals surface area contributed by atoms with Gasteiger partial charge in [-0.25, -0.2) is 0 Å². The molecule has 0 saturated carbocycles. The van der Waals surface area contributed by atoms with Crippen LogP contribution < -0.4 is 5.32 Å². The van der Waals surface area contributed by atoms with Crippen LogP contribution in [-0.2, 0) is 17.1 Å². The minimum atomic E-state index is -4.91. The minimum absolute atomic E-state index is 0.0844. The van der Waals surface area contributed by atoms with Crippen LogP contribution in [0.4, 0.5) is 26.3 Å². The Hall–Kier alpha value is -2.33. The number of alkyl halides is 6. The van der Waals surface area contributed by atoms with Crippen LogP contribution in [-0.4, -0.2) is 10.2 Å². The Labute approximate surface area is 164 Å². The van der Waals surface area contributed by atoms with Gasteiger partial charge in [-0.3, -0.25) is 4.79 Å². The highest BCUT2D eigenvalue weighted by molar-refractivity contribution is 8.26. The highest BCUT2D eigenvalue weighted by Crippen LogP contribution is 2.38. The van der Waals surface area contributed by atoms with Crippen molar-refractivity contribution in [1.29, 1.82) is 0 Å². The van der Waals surface area contributed by atoms with Gasteiger partial charge in [0, 0.05) is 0 Å². The number of halogens is 6. The highest BCUT2D eigenvalue weighted by Gasteiger charge is 2.37. The third-order valence-electron chi connectivity index (χ3n) is 3.77. The van der Waals surface area contributed by atoms with Crippen molar-refractivity contribution in [3.05, 3.63) is 64.1 Å². The standard InChI is InChI=1S/C18H9F6NOS2/c19-17(20,21)12-6-11(7-13(8-12)18(22,23)24)10-3-1-9(2-4-10)5-14-15(26)25-16(27)28-14/h1-8H,(H,25,26,27)/b14-5-. The van der Waals surface area contributed by atoms with Gasteiger partial charge in [-0.1, -0.05) is 48.2 Å². The van der Waals surface area contributed by atoms with E-state index in [4.69, 9.17) is 12.2 Å². The van der Waals surface area contributed by atoms with E-state index in [0.29, 0.717) is 26.9 Å². The third kappa shape index (κ3) is 4.56. The Bertz CT molecular complexity index is 945. The molecule has 0 radical (unpaired) electrons. The van der Waals surface area contributed by atoms with Crippen molar-refractivity contribution >= 4 is 40.3 Å². The topological polar surface area (TPSA) is 29.1 Å².